The van der Waals surface area contributed by atoms with Gasteiger partial charge in [-0.15, -0.1) is 12.4 Å². The van der Waals surface area contributed by atoms with Crippen molar-refractivity contribution < 1.29 is 9.59 Å². The van der Waals surface area contributed by atoms with Crippen LogP contribution in [0.15, 0.2) is 36.4 Å². The molecule has 2 aromatic rings. The van der Waals surface area contributed by atoms with Crippen LogP contribution >= 0.6 is 12.4 Å². The van der Waals surface area contributed by atoms with E-state index in [1.807, 2.05) is 32.0 Å². The number of fused-ring (bicyclic) bond motifs is 1. The highest BCUT2D eigenvalue weighted by molar-refractivity contribution is 6.07. The molecule has 1 aliphatic rings. The van der Waals surface area contributed by atoms with E-state index in [2.05, 4.69) is 16.0 Å². The van der Waals surface area contributed by atoms with E-state index in [0.717, 1.165) is 41.9 Å². The minimum Gasteiger partial charge on any atom is -0.385 e. The Hall–Kier alpha value is -2.53. The fourth-order valence-electron chi connectivity index (χ4n) is 3.12. The lowest BCUT2D eigenvalue weighted by Gasteiger charge is -2.20. The molecule has 0 aliphatic carbocycles. The van der Waals surface area contributed by atoms with Gasteiger partial charge in [-0.1, -0.05) is 6.07 Å². The standard InChI is InChI=1S/C20H23N3O2.ClH/c1-3-21-19(24)14-9-10-17(13(2)12-14)23-20(25)16-6-4-8-18-15(16)7-5-11-22-18;/h4,6,8-10,12,22H,3,5,7,11H2,1-2H3,(H,21,24)(H,23,25);1H. The topological polar surface area (TPSA) is 70.2 Å². The van der Waals surface area contributed by atoms with E-state index >= 15 is 0 Å². The average molecular weight is 374 g/mol. The molecule has 3 N–H and O–H groups in total. The van der Waals surface area contributed by atoms with Crippen LogP contribution in [0.4, 0.5) is 11.4 Å². The molecular weight excluding hydrogens is 350 g/mol. The van der Waals surface area contributed by atoms with Crippen molar-refractivity contribution in [2.24, 2.45) is 0 Å². The van der Waals surface area contributed by atoms with Crippen LogP contribution in [-0.2, 0) is 6.42 Å². The molecule has 0 spiro atoms. The highest BCUT2D eigenvalue weighted by atomic mass is 35.5. The third kappa shape index (κ3) is 4.17. The van der Waals surface area contributed by atoms with Gasteiger partial charge in [0, 0.05) is 35.6 Å². The van der Waals surface area contributed by atoms with Crippen LogP contribution < -0.4 is 16.0 Å². The second-order valence-corrected chi connectivity index (χ2v) is 6.21. The van der Waals surface area contributed by atoms with E-state index in [9.17, 15) is 9.59 Å². The van der Waals surface area contributed by atoms with E-state index in [4.69, 9.17) is 0 Å². The maximum atomic E-state index is 12.7. The van der Waals surface area contributed by atoms with E-state index < -0.39 is 0 Å². The zero-order valence-electron chi connectivity index (χ0n) is 15.0. The van der Waals surface area contributed by atoms with Gasteiger partial charge in [-0.3, -0.25) is 9.59 Å². The number of amides is 2. The number of carbonyl (C=O) groups excluding carboxylic acids is 2. The van der Waals surface area contributed by atoms with Gasteiger partial charge >= 0.3 is 0 Å². The van der Waals surface area contributed by atoms with Gasteiger partial charge in [0.2, 0.25) is 0 Å². The van der Waals surface area contributed by atoms with Crippen molar-refractivity contribution in [2.75, 3.05) is 23.7 Å². The second kappa shape index (κ2) is 8.72. The number of aryl methyl sites for hydroxylation is 1. The van der Waals surface area contributed by atoms with Gasteiger partial charge in [-0.2, -0.15) is 0 Å². The van der Waals surface area contributed by atoms with Crippen molar-refractivity contribution in [3.8, 4) is 0 Å². The molecule has 26 heavy (non-hydrogen) atoms. The first-order valence-electron chi connectivity index (χ1n) is 8.66. The predicted octanol–water partition coefficient (Wildman–Crippen LogP) is 3.78. The maximum absolute atomic E-state index is 12.7. The van der Waals surface area contributed by atoms with Crippen molar-refractivity contribution in [1.82, 2.24) is 5.32 Å². The minimum absolute atomic E-state index is 0. The molecule has 3 rings (SSSR count). The predicted molar refractivity (Wildman–Crippen MR) is 108 cm³/mol. The summed E-state index contributed by atoms with van der Waals surface area (Å²) >= 11 is 0. The Bertz CT molecular complexity index is 821. The van der Waals surface area contributed by atoms with Gasteiger partial charge in [0.15, 0.2) is 0 Å². The normalized spacial score (nSPS) is 12.2. The number of carbonyl (C=O) groups is 2. The summed E-state index contributed by atoms with van der Waals surface area (Å²) in [7, 11) is 0. The molecule has 0 fully saturated rings. The van der Waals surface area contributed by atoms with Gasteiger partial charge in [0.1, 0.15) is 0 Å². The molecule has 0 saturated carbocycles. The Labute approximate surface area is 160 Å². The number of hydrogen-bond donors (Lipinski definition) is 3. The number of hydrogen-bond acceptors (Lipinski definition) is 3. The monoisotopic (exact) mass is 373 g/mol. The largest absolute Gasteiger partial charge is 0.385 e. The fourth-order valence-corrected chi connectivity index (χ4v) is 3.12. The first-order valence-corrected chi connectivity index (χ1v) is 8.66. The van der Waals surface area contributed by atoms with Crippen molar-refractivity contribution in [3.63, 3.8) is 0 Å². The minimum atomic E-state index is -0.116. The Kier molecular flexibility index (Phi) is 6.64. The van der Waals surface area contributed by atoms with Crippen molar-refractivity contribution in [3.05, 3.63) is 58.7 Å². The Morgan fingerprint density at radius 1 is 1.15 bits per heavy atom. The third-order valence-electron chi connectivity index (χ3n) is 4.41. The molecule has 0 radical (unpaired) electrons. The Morgan fingerprint density at radius 2 is 1.96 bits per heavy atom. The average Bonchev–Trinajstić information content (AvgIpc) is 2.63. The molecule has 1 aliphatic heterocycles. The highest BCUT2D eigenvalue weighted by Gasteiger charge is 2.18. The van der Waals surface area contributed by atoms with Crippen LogP contribution in [0.3, 0.4) is 0 Å². The van der Waals surface area contributed by atoms with Gasteiger partial charge in [-0.05, 0) is 68.1 Å². The van der Waals surface area contributed by atoms with Crippen LogP contribution in [0.25, 0.3) is 0 Å². The molecule has 0 atom stereocenters. The molecule has 0 unspecified atom stereocenters. The summed E-state index contributed by atoms with van der Waals surface area (Å²) in [6, 6.07) is 11.1. The van der Waals surface area contributed by atoms with Gasteiger partial charge < -0.3 is 16.0 Å². The molecule has 0 aromatic heterocycles. The summed E-state index contributed by atoms with van der Waals surface area (Å²) in [5.74, 6) is -0.221. The smallest absolute Gasteiger partial charge is 0.256 e. The SMILES string of the molecule is CCNC(=O)c1ccc(NC(=O)c2cccc3c2CCCN3)c(C)c1.Cl. The zero-order valence-corrected chi connectivity index (χ0v) is 15.8. The molecular formula is C20H24ClN3O2. The number of nitrogens with one attached hydrogen (secondary N) is 3. The first-order chi connectivity index (χ1) is 12.1. The van der Waals surface area contributed by atoms with Crippen molar-refractivity contribution in [1.29, 1.82) is 0 Å². The molecule has 138 valence electrons. The molecule has 2 aromatic carbocycles. The summed E-state index contributed by atoms with van der Waals surface area (Å²) in [6.07, 6.45) is 1.93. The van der Waals surface area contributed by atoms with Gasteiger partial charge in [0.05, 0.1) is 0 Å². The number of benzene rings is 2. The Morgan fingerprint density at radius 3 is 2.69 bits per heavy atom. The second-order valence-electron chi connectivity index (χ2n) is 6.21. The lowest BCUT2D eigenvalue weighted by Crippen LogP contribution is -2.23. The summed E-state index contributed by atoms with van der Waals surface area (Å²) in [5.41, 5.74) is 5.00. The molecule has 0 bridgehead atoms. The molecule has 0 saturated heterocycles. The first kappa shape index (κ1) is 19.8. The number of rotatable bonds is 4. The van der Waals surface area contributed by atoms with Crippen LogP contribution in [0.2, 0.25) is 0 Å². The molecule has 6 heteroatoms. The van der Waals surface area contributed by atoms with E-state index in [1.54, 1.807) is 18.2 Å². The number of halogens is 1. The Balaban J connectivity index is 0.00000243. The molecule has 5 nitrogen and oxygen atoms in total. The summed E-state index contributed by atoms with van der Waals surface area (Å²) in [5, 5.41) is 9.09. The maximum Gasteiger partial charge on any atom is 0.256 e. The zero-order chi connectivity index (χ0) is 17.8. The van der Waals surface area contributed by atoms with Crippen LogP contribution in [0.5, 0.6) is 0 Å². The van der Waals surface area contributed by atoms with E-state index in [-0.39, 0.29) is 24.2 Å². The quantitative estimate of drug-likeness (QED) is 0.763. The summed E-state index contributed by atoms with van der Waals surface area (Å²) in [4.78, 5) is 24.6. The molecule has 2 amide bonds. The summed E-state index contributed by atoms with van der Waals surface area (Å²) < 4.78 is 0. The van der Waals surface area contributed by atoms with Gasteiger partial charge in [0.25, 0.3) is 11.8 Å². The lowest BCUT2D eigenvalue weighted by molar-refractivity contribution is 0.0955. The van der Waals surface area contributed by atoms with Crippen molar-refractivity contribution in [2.45, 2.75) is 26.7 Å². The van der Waals surface area contributed by atoms with Crippen LogP contribution in [0.1, 0.15) is 45.2 Å². The summed E-state index contributed by atoms with van der Waals surface area (Å²) in [6.45, 7) is 5.30. The molecule has 1 heterocycles. The van der Waals surface area contributed by atoms with E-state index in [1.165, 1.54) is 0 Å². The van der Waals surface area contributed by atoms with Crippen LogP contribution in [-0.4, -0.2) is 24.9 Å². The lowest BCUT2D eigenvalue weighted by atomic mass is 9.97. The van der Waals surface area contributed by atoms with Crippen molar-refractivity contribution >= 4 is 35.6 Å². The third-order valence-corrected chi connectivity index (χ3v) is 4.41. The van der Waals surface area contributed by atoms with Gasteiger partial charge in [-0.25, -0.2) is 0 Å². The van der Waals surface area contributed by atoms with E-state index in [0.29, 0.717) is 17.7 Å². The fraction of sp³-hybridized carbons (Fsp3) is 0.300. The number of anilines is 2. The van der Waals surface area contributed by atoms with Crippen LogP contribution in [0, 0.1) is 6.92 Å². The highest BCUT2D eigenvalue weighted by Crippen LogP contribution is 2.26.